The van der Waals surface area contributed by atoms with Crippen LogP contribution in [0.15, 0.2) is 0 Å². The maximum absolute atomic E-state index is 12.1. The number of amides is 1. The molecule has 4 N–H and O–H groups in total. The Bertz CT molecular complexity index is 227. The van der Waals surface area contributed by atoms with E-state index in [1.807, 2.05) is 20.8 Å². The summed E-state index contributed by atoms with van der Waals surface area (Å²) in [4.78, 5) is 12.1. The predicted octanol–water partition coefficient (Wildman–Crippen LogP) is 1.42. The summed E-state index contributed by atoms with van der Waals surface area (Å²) in [7, 11) is 0. The molecular formula is C13H28N2O2. The van der Waals surface area contributed by atoms with Crippen molar-refractivity contribution in [1.82, 2.24) is 5.32 Å². The molecule has 0 saturated carbocycles. The van der Waals surface area contributed by atoms with Crippen LogP contribution >= 0.6 is 0 Å². The second-order valence-corrected chi connectivity index (χ2v) is 5.12. The molecule has 102 valence electrons. The number of rotatable bonds is 8. The van der Waals surface area contributed by atoms with Gasteiger partial charge in [-0.25, -0.2) is 0 Å². The lowest BCUT2D eigenvalue weighted by atomic mass is 9.81. The third-order valence-electron chi connectivity index (χ3n) is 3.64. The highest BCUT2D eigenvalue weighted by atomic mass is 16.3. The van der Waals surface area contributed by atoms with Crippen LogP contribution in [0, 0.1) is 5.41 Å². The second kappa shape index (κ2) is 6.97. The summed E-state index contributed by atoms with van der Waals surface area (Å²) in [6.45, 7) is 8.35. The summed E-state index contributed by atoms with van der Waals surface area (Å²) in [5.74, 6) is -0.0404. The first-order chi connectivity index (χ1) is 7.87. The highest BCUT2D eigenvalue weighted by Crippen LogP contribution is 2.25. The molecule has 0 aromatic heterocycles. The van der Waals surface area contributed by atoms with Gasteiger partial charge in [-0.3, -0.25) is 4.79 Å². The van der Waals surface area contributed by atoms with E-state index in [0.29, 0.717) is 19.5 Å². The van der Waals surface area contributed by atoms with Gasteiger partial charge in [0.05, 0.1) is 11.0 Å². The van der Waals surface area contributed by atoms with Gasteiger partial charge in [0.1, 0.15) is 0 Å². The number of carbonyl (C=O) groups excluding carboxylic acids is 1. The number of carbonyl (C=O) groups is 1. The van der Waals surface area contributed by atoms with Crippen molar-refractivity contribution in [1.29, 1.82) is 0 Å². The zero-order valence-electron chi connectivity index (χ0n) is 11.7. The van der Waals surface area contributed by atoms with Crippen molar-refractivity contribution in [2.45, 2.75) is 59.0 Å². The summed E-state index contributed by atoms with van der Waals surface area (Å²) in [6, 6.07) is 0. The van der Waals surface area contributed by atoms with Crippen molar-refractivity contribution in [3.8, 4) is 0 Å². The molecule has 0 fully saturated rings. The van der Waals surface area contributed by atoms with Gasteiger partial charge in [0, 0.05) is 13.1 Å². The Kier molecular flexibility index (Phi) is 6.72. The lowest BCUT2D eigenvalue weighted by Gasteiger charge is -2.31. The fourth-order valence-corrected chi connectivity index (χ4v) is 2.04. The summed E-state index contributed by atoms with van der Waals surface area (Å²) in [5.41, 5.74) is 4.39. The van der Waals surface area contributed by atoms with Crippen LogP contribution < -0.4 is 11.1 Å². The summed E-state index contributed by atoms with van der Waals surface area (Å²) in [6.07, 6.45) is 3.02. The molecule has 0 aliphatic rings. The molecule has 1 atom stereocenters. The van der Waals surface area contributed by atoms with E-state index in [-0.39, 0.29) is 5.91 Å². The van der Waals surface area contributed by atoms with Gasteiger partial charge in [-0.1, -0.05) is 27.2 Å². The van der Waals surface area contributed by atoms with Crippen molar-refractivity contribution in [2.24, 2.45) is 11.1 Å². The molecule has 0 spiro atoms. The maximum atomic E-state index is 12.1. The minimum absolute atomic E-state index is 0.0404. The van der Waals surface area contributed by atoms with Crippen molar-refractivity contribution in [2.75, 3.05) is 13.1 Å². The molecule has 4 nitrogen and oxygen atoms in total. The molecule has 0 aliphatic carbocycles. The number of aliphatic hydroxyl groups is 1. The molecule has 0 bridgehead atoms. The van der Waals surface area contributed by atoms with E-state index in [1.165, 1.54) is 0 Å². The molecule has 0 aromatic carbocycles. The van der Waals surface area contributed by atoms with E-state index >= 15 is 0 Å². The molecule has 0 aliphatic heterocycles. The van der Waals surface area contributed by atoms with Crippen LogP contribution in [0.4, 0.5) is 0 Å². The van der Waals surface area contributed by atoms with Gasteiger partial charge in [-0.05, 0) is 26.2 Å². The molecule has 0 radical (unpaired) electrons. The first-order valence-corrected chi connectivity index (χ1v) is 6.58. The Hall–Kier alpha value is -0.610. The monoisotopic (exact) mass is 244 g/mol. The van der Waals surface area contributed by atoms with Crippen LogP contribution in [0.3, 0.4) is 0 Å². The van der Waals surface area contributed by atoms with Gasteiger partial charge in [-0.2, -0.15) is 0 Å². The lowest BCUT2D eigenvalue weighted by molar-refractivity contribution is -0.132. The minimum Gasteiger partial charge on any atom is -0.388 e. The Labute approximate surface area is 105 Å². The number of hydrogen-bond donors (Lipinski definition) is 3. The Balaban J connectivity index is 4.43. The van der Waals surface area contributed by atoms with Crippen molar-refractivity contribution < 1.29 is 9.90 Å². The second-order valence-electron chi connectivity index (χ2n) is 5.12. The van der Waals surface area contributed by atoms with Crippen LogP contribution in [-0.4, -0.2) is 29.7 Å². The largest absolute Gasteiger partial charge is 0.388 e. The first-order valence-electron chi connectivity index (χ1n) is 6.58. The van der Waals surface area contributed by atoms with Gasteiger partial charge in [0.15, 0.2) is 0 Å². The van der Waals surface area contributed by atoms with Crippen molar-refractivity contribution in [3.05, 3.63) is 0 Å². The summed E-state index contributed by atoms with van der Waals surface area (Å²) in [5, 5.41) is 12.8. The van der Waals surface area contributed by atoms with Crippen LogP contribution in [0.5, 0.6) is 0 Å². The van der Waals surface area contributed by atoms with Gasteiger partial charge >= 0.3 is 0 Å². The van der Waals surface area contributed by atoms with Crippen LogP contribution in [0.2, 0.25) is 0 Å². The Morgan fingerprint density at radius 1 is 1.29 bits per heavy atom. The van der Waals surface area contributed by atoms with E-state index in [9.17, 15) is 9.90 Å². The Morgan fingerprint density at radius 2 is 1.82 bits per heavy atom. The normalized spacial score (nSPS) is 15.4. The SMILES string of the molecule is CCCC(C)(O)CNC(=O)C(CC)(CC)CN. The van der Waals surface area contributed by atoms with E-state index in [1.54, 1.807) is 6.92 Å². The lowest BCUT2D eigenvalue weighted by Crippen LogP contribution is -2.49. The molecule has 4 heteroatoms. The summed E-state index contributed by atoms with van der Waals surface area (Å²) >= 11 is 0. The smallest absolute Gasteiger partial charge is 0.227 e. The molecule has 17 heavy (non-hydrogen) atoms. The predicted molar refractivity (Wildman–Crippen MR) is 70.6 cm³/mol. The average Bonchev–Trinajstić information content (AvgIpc) is 2.29. The fraction of sp³-hybridized carbons (Fsp3) is 0.923. The third kappa shape index (κ3) is 4.64. The minimum atomic E-state index is -0.827. The molecule has 0 rings (SSSR count). The first kappa shape index (κ1) is 16.4. The van der Waals surface area contributed by atoms with Gasteiger partial charge in [0.25, 0.3) is 0 Å². The highest BCUT2D eigenvalue weighted by molar-refractivity contribution is 5.82. The van der Waals surface area contributed by atoms with Crippen molar-refractivity contribution in [3.63, 3.8) is 0 Å². The zero-order valence-corrected chi connectivity index (χ0v) is 11.7. The van der Waals surface area contributed by atoms with Crippen LogP contribution in [-0.2, 0) is 4.79 Å². The molecule has 0 saturated heterocycles. The maximum Gasteiger partial charge on any atom is 0.227 e. The van der Waals surface area contributed by atoms with Gasteiger partial charge in [0.2, 0.25) is 5.91 Å². The quantitative estimate of drug-likeness (QED) is 0.604. The van der Waals surface area contributed by atoms with E-state index in [0.717, 1.165) is 19.3 Å². The molecule has 0 aromatic rings. The van der Waals surface area contributed by atoms with Crippen LogP contribution in [0.25, 0.3) is 0 Å². The molecular weight excluding hydrogens is 216 g/mol. The third-order valence-corrected chi connectivity index (χ3v) is 3.64. The zero-order chi connectivity index (χ0) is 13.5. The molecule has 1 amide bonds. The van der Waals surface area contributed by atoms with Gasteiger partial charge in [-0.15, -0.1) is 0 Å². The van der Waals surface area contributed by atoms with Gasteiger partial charge < -0.3 is 16.2 Å². The highest BCUT2D eigenvalue weighted by Gasteiger charge is 2.34. The molecule has 0 heterocycles. The van der Waals surface area contributed by atoms with E-state index in [2.05, 4.69) is 5.32 Å². The molecule has 1 unspecified atom stereocenters. The average molecular weight is 244 g/mol. The standard InChI is InChI=1S/C13H28N2O2/c1-5-8-12(4,17)10-15-11(16)13(6-2,7-3)9-14/h17H,5-10,14H2,1-4H3,(H,15,16). The number of hydrogen-bond acceptors (Lipinski definition) is 3. The van der Waals surface area contributed by atoms with E-state index in [4.69, 9.17) is 5.73 Å². The topological polar surface area (TPSA) is 75.3 Å². The number of nitrogens with two attached hydrogens (primary N) is 1. The van der Waals surface area contributed by atoms with E-state index < -0.39 is 11.0 Å². The summed E-state index contributed by atoms with van der Waals surface area (Å²) < 4.78 is 0. The Morgan fingerprint density at radius 3 is 2.18 bits per heavy atom. The number of nitrogens with one attached hydrogen (secondary N) is 1. The fourth-order valence-electron chi connectivity index (χ4n) is 2.04. The van der Waals surface area contributed by atoms with Crippen molar-refractivity contribution >= 4 is 5.91 Å². The van der Waals surface area contributed by atoms with Crippen LogP contribution in [0.1, 0.15) is 53.4 Å².